The van der Waals surface area contributed by atoms with E-state index in [4.69, 9.17) is 5.73 Å². The second-order valence-electron chi connectivity index (χ2n) is 5.56. The van der Waals surface area contributed by atoms with E-state index < -0.39 is 10.2 Å². The zero-order valence-electron chi connectivity index (χ0n) is 12.7. The fourth-order valence-corrected chi connectivity index (χ4v) is 3.93. The summed E-state index contributed by atoms with van der Waals surface area (Å²) in [6, 6.07) is 0. The first-order chi connectivity index (χ1) is 9.73. The third-order valence-electron chi connectivity index (χ3n) is 4.23. The van der Waals surface area contributed by atoms with Crippen LogP contribution in [-0.2, 0) is 16.8 Å². The van der Waals surface area contributed by atoms with Crippen LogP contribution in [-0.4, -0.2) is 39.5 Å². The van der Waals surface area contributed by atoms with E-state index in [1.165, 1.54) is 0 Å². The lowest BCUT2D eigenvalue weighted by atomic mass is 9.96. The first kappa shape index (κ1) is 16.2. The number of hydrogen-bond donors (Lipinski definition) is 2. The summed E-state index contributed by atoms with van der Waals surface area (Å²) in [7, 11) is -4.78. The van der Waals surface area contributed by atoms with Gasteiger partial charge < -0.3 is 11.1 Å². The highest BCUT2D eigenvalue weighted by Gasteiger charge is 2.25. The van der Waals surface area contributed by atoms with Crippen molar-refractivity contribution in [1.82, 2.24) is 10.2 Å². The number of benzene rings is 1. The monoisotopic (exact) mass is 315 g/mol. The summed E-state index contributed by atoms with van der Waals surface area (Å²) in [6.45, 7) is 9.21. The van der Waals surface area contributed by atoms with Crippen molar-refractivity contribution in [1.29, 1.82) is 0 Å². The molecule has 118 valence electrons. The minimum atomic E-state index is -4.78. The normalized spacial score (nSPS) is 17.1. The van der Waals surface area contributed by atoms with Crippen LogP contribution in [0, 0.1) is 20.8 Å². The molecule has 0 saturated carbocycles. The Hall–Kier alpha value is -1.18. The molecular formula is C14H22FN3O2S. The van der Waals surface area contributed by atoms with E-state index in [9.17, 15) is 12.3 Å². The standard InChI is InChI=1S/C14H22FN3O2S/c1-9-12(8-18-6-4-17-5-7-18)10(2)14(21(15,19)20)11(3)13(9)16/h17H,4-8,16H2,1-3H3. The van der Waals surface area contributed by atoms with Crippen molar-refractivity contribution < 1.29 is 12.3 Å². The Kier molecular flexibility index (Phi) is 4.55. The molecule has 0 radical (unpaired) electrons. The number of nitrogens with two attached hydrogens (primary N) is 1. The van der Waals surface area contributed by atoms with E-state index in [0.29, 0.717) is 23.4 Å². The van der Waals surface area contributed by atoms with Gasteiger partial charge in [0.25, 0.3) is 0 Å². The first-order valence-electron chi connectivity index (χ1n) is 6.99. The number of rotatable bonds is 3. The molecule has 0 atom stereocenters. The molecule has 1 fully saturated rings. The molecule has 1 saturated heterocycles. The highest BCUT2D eigenvalue weighted by Crippen LogP contribution is 2.33. The molecule has 1 aromatic rings. The molecule has 3 N–H and O–H groups in total. The molecule has 1 aliphatic rings. The Balaban J connectivity index is 2.52. The fraction of sp³-hybridized carbons (Fsp3) is 0.571. The van der Waals surface area contributed by atoms with Crippen LogP contribution in [0.1, 0.15) is 22.3 Å². The first-order valence-corrected chi connectivity index (χ1v) is 8.37. The van der Waals surface area contributed by atoms with Crippen LogP contribution in [0.5, 0.6) is 0 Å². The van der Waals surface area contributed by atoms with Gasteiger partial charge in [-0.2, -0.15) is 8.42 Å². The molecule has 0 aromatic heterocycles. The Labute approximate surface area is 125 Å². The van der Waals surface area contributed by atoms with Crippen molar-refractivity contribution in [3.63, 3.8) is 0 Å². The van der Waals surface area contributed by atoms with Gasteiger partial charge in [0.05, 0.1) is 0 Å². The zero-order valence-corrected chi connectivity index (χ0v) is 13.5. The maximum absolute atomic E-state index is 13.6. The Morgan fingerprint density at radius 2 is 1.71 bits per heavy atom. The van der Waals surface area contributed by atoms with Crippen LogP contribution >= 0.6 is 0 Å². The number of nitrogens with one attached hydrogen (secondary N) is 1. The summed E-state index contributed by atoms with van der Waals surface area (Å²) in [4.78, 5) is 1.95. The Morgan fingerprint density at radius 3 is 2.24 bits per heavy atom. The molecule has 0 bridgehead atoms. The number of anilines is 1. The molecule has 1 aromatic carbocycles. The number of nitrogen functional groups attached to an aromatic ring is 1. The molecule has 0 unspecified atom stereocenters. The molecule has 1 aliphatic heterocycles. The quantitative estimate of drug-likeness (QED) is 0.649. The van der Waals surface area contributed by atoms with Crippen molar-refractivity contribution in [3.8, 4) is 0 Å². The van der Waals surface area contributed by atoms with Crippen molar-refractivity contribution in [3.05, 3.63) is 22.3 Å². The summed E-state index contributed by atoms with van der Waals surface area (Å²) >= 11 is 0. The SMILES string of the molecule is Cc1c(N)c(C)c(S(=O)(=O)F)c(C)c1CN1CCNCC1. The molecule has 1 heterocycles. The van der Waals surface area contributed by atoms with E-state index >= 15 is 0 Å². The summed E-state index contributed by atoms with van der Waals surface area (Å²) in [6.07, 6.45) is 0. The van der Waals surface area contributed by atoms with Gasteiger partial charge >= 0.3 is 10.2 Å². The molecule has 2 rings (SSSR count). The molecule has 21 heavy (non-hydrogen) atoms. The van der Waals surface area contributed by atoms with E-state index in [-0.39, 0.29) is 4.90 Å². The molecule has 0 amide bonds. The summed E-state index contributed by atoms with van der Waals surface area (Å²) in [5, 5.41) is 3.26. The molecule has 5 nitrogen and oxygen atoms in total. The van der Waals surface area contributed by atoms with Gasteiger partial charge in [0, 0.05) is 38.4 Å². The van der Waals surface area contributed by atoms with E-state index in [0.717, 1.165) is 37.3 Å². The lowest BCUT2D eigenvalue weighted by molar-refractivity contribution is 0.232. The van der Waals surface area contributed by atoms with Crippen LogP contribution in [0.25, 0.3) is 0 Å². The smallest absolute Gasteiger partial charge is 0.332 e. The van der Waals surface area contributed by atoms with Crippen molar-refractivity contribution in [2.24, 2.45) is 0 Å². The van der Waals surface area contributed by atoms with Gasteiger partial charge in [-0.15, -0.1) is 3.89 Å². The van der Waals surface area contributed by atoms with E-state index in [2.05, 4.69) is 10.2 Å². The second kappa shape index (κ2) is 5.90. The predicted octanol–water partition coefficient (Wildman–Crippen LogP) is 1.26. The molecule has 0 aliphatic carbocycles. The number of halogens is 1. The molecular weight excluding hydrogens is 293 g/mol. The summed E-state index contributed by atoms with van der Waals surface area (Å²) in [5.41, 5.74) is 8.79. The Morgan fingerprint density at radius 1 is 1.14 bits per heavy atom. The van der Waals surface area contributed by atoms with Crippen LogP contribution in [0.3, 0.4) is 0 Å². The van der Waals surface area contributed by atoms with Gasteiger partial charge in [-0.1, -0.05) is 0 Å². The average Bonchev–Trinajstić information content (AvgIpc) is 2.41. The lowest BCUT2D eigenvalue weighted by Gasteiger charge is -2.29. The second-order valence-corrected chi connectivity index (χ2v) is 6.84. The highest BCUT2D eigenvalue weighted by atomic mass is 32.3. The van der Waals surface area contributed by atoms with Crippen LogP contribution < -0.4 is 11.1 Å². The van der Waals surface area contributed by atoms with Gasteiger partial charge in [0.15, 0.2) is 0 Å². The zero-order chi connectivity index (χ0) is 15.8. The maximum atomic E-state index is 13.6. The lowest BCUT2D eigenvalue weighted by Crippen LogP contribution is -2.43. The molecule has 0 spiro atoms. The Bertz CT molecular complexity index is 653. The third-order valence-corrected chi connectivity index (χ3v) is 5.33. The molecule has 7 heteroatoms. The number of piperazine rings is 1. The van der Waals surface area contributed by atoms with Crippen molar-refractivity contribution >= 4 is 15.9 Å². The van der Waals surface area contributed by atoms with Crippen molar-refractivity contribution in [2.75, 3.05) is 31.9 Å². The van der Waals surface area contributed by atoms with Crippen LogP contribution in [0.15, 0.2) is 4.90 Å². The highest BCUT2D eigenvalue weighted by molar-refractivity contribution is 7.86. The van der Waals surface area contributed by atoms with Crippen molar-refractivity contribution in [2.45, 2.75) is 32.2 Å². The van der Waals surface area contributed by atoms with E-state index in [1.54, 1.807) is 13.8 Å². The van der Waals surface area contributed by atoms with Gasteiger partial charge in [-0.05, 0) is 43.0 Å². The summed E-state index contributed by atoms with van der Waals surface area (Å²) in [5.74, 6) is 0. The third kappa shape index (κ3) is 3.20. The minimum absolute atomic E-state index is 0.268. The van der Waals surface area contributed by atoms with Crippen LogP contribution in [0.2, 0.25) is 0 Å². The summed E-state index contributed by atoms with van der Waals surface area (Å²) < 4.78 is 36.5. The van der Waals surface area contributed by atoms with Crippen LogP contribution in [0.4, 0.5) is 9.57 Å². The average molecular weight is 315 g/mol. The topological polar surface area (TPSA) is 75.4 Å². The van der Waals surface area contributed by atoms with Gasteiger partial charge in [-0.3, -0.25) is 4.90 Å². The van der Waals surface area contributed by atoms with E-state index in [1.807, 2.05) is 6.92 Å². The minimum Gasteiger partial charge on any atom is -0.398 e. The predicted molar refractivity (Wildman–Crippen MR) is 81.5 cm³/mol. The maximum Gasteiger partial charge on any atom is 0.332 e. The van der Waals surface area contributed by atoms with Gasteiger partial charge in [0.2, 0.25) is 0 Å². The number of nitrogens with zero attached hydrogens (tertiary/aromatic N) is 1. The van der Waals surface area contributed by atoms with Gasteiger partial charge in [0.1, 0.15) is 4.90 Å². The van der Waals surface area contributed by atoms with Gasteiger partial charge in [-0.25, -0.2) is 0 Å². The largest absolute Gasteiger partial charge is 0.398 e. The number of hydrogen-bond acceptors (Lipinski definition) is 5. The fourth-order valence-electron chi connectivity index (χ4n) is 2.96.